The zero-order valence-electron chi connectivity index (χ0n) is 18.9. The highest BCUT2D eigenvalue weighted by molar-refractivity contribution is 5.93. The predicted molar refractivity (Wildman–Crippen MR) is 130 cm³/mol. The number of hydrogen-bond acceptors (Lipinski definition) is 4. The average molecular weight is 481 g/mol. The minimum absolute atomic E-state index is 0.218. The number of aromatic nitrogens is 1. The van der Waals surface area contributed by atoms with Gasteiger partial charge in [0.15, 0.2) is 0 Å². The van der Waals surface area contributed by atoms with Crippen LogP contribution in [0.2, 0.25) is 0 Å². The summed E-state index contributed by atoms with van der Waals surface area (Å²) >= 11 is 0. The molecule has 0 spiro atoms. The fourth-order valence-corrected chi connectivity index (χ4v) is 4.38. The molecule has 180 valence electrons. The number of hydrogen-bond donors (Lipinski definition) is 1. The van der Waals surface area contributed by atoms with Crippen LogP contribution in [0.25, 0.3) is 10.9 Å². The molecule has 1 fully saturated rings. The van der Waals surface area contributed by atoms with Crippen molar-refractivity contribution < 1.29 is 17.6 Å². The molecule has 0 radical (unpaired) electrons. The van der Waals surface area contributed by atoms with Crippen LogP contribution >= 0.6 is 0 Å². The Morgan fingerprint density at radius 1 is 0.857 bits per heavy atom. The van der Waals surface area contributed by atoms with Crippen LogP contribution in [0.4, 0.5) is 34.6 Å². The molecule has 35 heavy (non-hydrogen) atoms. The first kappa shape index (κ1) is 23.1. The summed E-state index contributed by atoms with van der Waals surface area (Å²) in [5, 5.41) is 3.92. The number of rotatable bonds is 5. The molecule has 1 saturated heterocycles. The Morgan fingerprint density at radius 3 is 2.34 bits per heavy atom. The number of benzene rings is 3. The van der Waals surface area contributed by atoms with Crippen molar-refractivity contribution in [3.63, 3.8) is 0 Å². The molecule has 1 aliphatic heterocycles. The van der Waals surface area contributed by atoms with E-state index in [1.54, 1.807) is 18.2 Å². The Labute approximate surface area is 200 Å². The second-order valence-electron chi connectivity index (χ2n) is 8.65. The lowest BCUT2D eigenvalue weighted by molar-refractivity contribution is -0.137. The Kier molecular flexibility index (Phi) is 6.30. The lowest BCUT2D eigenvalue weighted by atomic mass is 10.1. The van der Waals surface area contributed by atoms with E-state index in [9.17, 15) is 17.6 Å². The van der Waals surface area contributed by atoms with E-state index in [1.165, 1.54) is 23.9 Å². The van der Waals surface area contributed by atoms with E-state index >= 15 is 0 Å². The molecule has 0 aliphatic carbocycles. The van der Waals surface area contributed by atoms with Crippen LogP contribution < -0.4 is 10.2 Å². The summed E-state index contributed by atoms with van der Waals surface area (Å²) in [4.78, 5) is 8.66. The third-order valence-corrected chi connectivity index (χ3v) is 6.25. The lowest BCUT2D eigenvalue weighted by Gasteiger charge is -2.36. The molecule has 0 saturated carbocycles. The van der Waals surface area contributed by atoms with Crippen molar-refractivity contribution in [1.29, 1.82) is 0 Å². The second kappa shape index (κ2) is 9.54. The van der Waals surface area contributed by atoms with E-state index in [2.05, 4.69) is 20.1 Å². The number of pyridine rings is 1. The first-order valence-electron chi connectivity index (χ1n) is 11.4. The summed E-state index contributed by atoms with van der Waals surface area (Å²) in [5.74, 6) is -0.218. The number of alkyl halides is 3. The molecular weight excluding hydrogens is 456 g/mol. The largest absolute Gasteiger partial charge is 0.416 e. The van der Waals surface area contributed by atoms with Crippen molar-refractivity contribution in [3.8, 4) is 0 Å². The summed E-state index contributed by atoms with van der Waals surface area (Å²) < 4.78 is 52.6. The van der Waals surface area contributed by atoms with E-state index in [0.717, 1.165) is 56.2 Å². The molecule has 1 aliphatic rings. The van der Waals surface area contributed by atoms with Crippen molar-refractivity contribution in [3.05, 3.63) is 95.9 Å². The third kappa shape index (κ3) is 5.38. The van der Waals surface area contributed by atoms with E-state index in [-0.39, 0.29) is 5.82 Å². The maximum Gasteiger partial charge on any atom is 0.416 e. The monoisotopic (exact) mass is 480 g/mol. The molecular formula is C27H24F4N4. The molecule has 4 aromatic rings. The third-order valence-electron chi connectivity index (χ3n) is 6.25. The number of halogens is 4. The molecule has 4 nitrogen and oxygen atoms in total. The Bertz CT molecular complexity index is 1310. The number of nitrogens with one attached hydrogen (secondary N) is 1. The SMILES string of the molecule is Fc1cccc(N2CCN(Cc3ccc(Nc4ccnc5cc(C(F)(F)F)ccc45)cc3)CC2)c1. The van der Waals surface area contributed by atoms with Crippen LogP contribution in [0.1, 0.15) is 11.1 Å². The average Bonchev–Trinajstić information content (AvgIpc) is 2.85. The van der Waals surface area contributed by atoms with Gasteiger partial charge in [0.25, 0.3) is 0 Å². The zero-order valence-corrected chi connectivity index (χ0v) is 18.9. The van der Waals surface area contributed by atoms with Crippen molar-refractivity contribution in [1.82, 2.24) is 9.88 Å². The number of nitrogens with zero attached hydrogens (tertiary/aromatic N) is 3. The van der Waals surface area contributed by atoms with E-state index in [0.29, 0.717) is 16.6 Å². The Hall–Kier alpha value is -3.65. The first-order valence-corrected chi connectivity index (χ1v) is 11.4. The van der Waals surface area contributed by atoms with Gasteiger partial charge in [0.05, 0.1) is 11.1 Å². The first-order chi connectivity index (χ1) is 16.8. The summed E-state index contributed by atoms with van der Waals surface area (Å²) in [6.07, 6.45) is -2.90. The van der Waals surface area contributed by atoms with Crippen LogP contribution in [-0.2, 0) is 12.7 Å². The maximum atomic E-state index is 13.5. The molecule has 0 amide bonds. The number of anilines is 3. The Morgan fingerprint density at radius 2 is 1.63 bits per heavy atom. The van der Waals surface area contributed by atoms with E-state index < -0.39 is 11.7 Å². The summed E-state index contributed by atoms with van der Waals surface area (Å²) in [6.45, 7) is 4.27. The van der Waals surface area contributed by atoms with Crippen molar-refractivity contribution in [2.45, 2.75) is 12.7 Å². The van der Waals surface area contributed by atoms with Crippen LogP contribution in [0.15, 0.2) is 79.0 Å². The second-order valence-corrected chi connectivity index (χ2v) is 8.65. The van der Waals surface area contributed by atoms with Crippen LogP contribution in [0.3, 0.4) is 0 Å². The quantitative estimate of drug-likeness (QED) is 0.332. The maximum absolute atomic E-state index is 13.5. The van der Waals surface area contributed by atoms with E-state index in [4.69, 9.17) is 0 Å². The highest BCUT2D eigenvalue weighted by Gasteiger charge is 2.30. The van der Waals surface area contributed by atoms with Gasteiger partial charge in [-0.15, -0.1) is 0 Å². The van der Waals surface area contributed by atoms with Crippen LogP contribution in [0, 0.1) is 5.82 Å². The highest BCUT2D eigenvalue weighted by Crippen LogP contribution is 2.33. The highest BCUT2D eigenvalue weighted by atomic mass is 19.4. The molecule has 1 N–H and O–H groups in total. The van der Waals surface area contributed by atoms with Gasteiger partial charge >= 0.3 is 6.18 Å². The minimum atomic E-state index is -4.40. The van der Waals surface area contributed by atoms with Crippen LogP contribution in [0.5, 0.6) is 0 Å². The van der Waals surface area contributed by atoms with Crippen molar-refractivity contribution in [2.75, 3.05) is 36.4 Å². The van der Waals surface area contributed by atoms with Gasteiger partial charge in [-0.2, -0.15) is 13.2 Å². The van der Waals surface area contributed by atoms with Gasteiger partial charge in [-0.25, -0.2) is 4.39 Å². The lowest BCUT2D eigenvalue weighted by Crippen LogP contribution is -2.46. The van der Waals surface area contributed by atoms with Gasteiger partial charge in [0, 0.05) is 61.4 Å². The normalized spacial score (nSPS) is 14.9. The predicted octanol–water partition coefficient (Wildman–Crippen LogP) is 6.46. The summed E-state index contributed by atoms with van der Waals surface area (Å²) in [5.41, 5.74) is 3.21. The molecule has 0 bridgehead atoms. The standard InChI is InChI=1S/C27H24F4N4/c28-21-2-1-3-23(17-21)35-14-12-34(13-15-35)18-19-4-7-22(8-5-19)33-25-10-11-32-26-16-20(27(29,30)31)6-9-24(25)26/h1-11,16-17H,12-15,18H2,(H,32,33). The molecule has 0 atom stereocenters. The molecule has 8 heteroatoms. The van der Waals surface area contributed by atoms with Gasteiger partial charge in [0.1, 0.15) is 5.82 Å². The van der Waals surface area contributed by atoms with Gasteiger partial charge in [0.2, 0.25) is 0 Å². The molecule has 1 aromatic heterocycles. The van der Waals surface area contributed by atoms with E-state index in [1.807, 2.05) is 30.3 Å². The zero-order chi connectivity index (χ0) is 24.4. The number of piperazine rings is 1. The minimum Gasteiger partial charge on any atom is -0.369 e. The summed E-state index contributed by atoms with van der Waals surface area (Å²) in [7, 11) is 0. The molecule has 5 rings (SSSR count). The Balaban J connectivity index is 1.21. The van der Waals surface area contributed by atoms with Crippen molar-refractivity contribution >= 4 is 28.0 Å². The molecule has 3 aromatic carbocycles. The fraction of sp³-hybridized carbons (Fsp3) is 0.222. The van der Waals surface area contributed by atoms with Gasteiger partial charge in [-0.3, -0.25) is 9.88 Å². The summed E-state index contributed by atoms with van der Waals surface area (Å²) in [6, 6.07) is 20.1. The molecule has 0 unspecified atom stereocenters. The fourth-order valence-electron chi connectivity index (χ4n) is 4.38. The topological polar surface area (TPSA) is 31.4 Å². The number of fused-ring (bicyclic) bond motifs is 1. The van der Waals surface area contributed by atoms with Gasteiger partial charge in [-0.1, -0.05) is 24.3 Å². The molecule has 2 heterocycles. The van der Waals surface area contributed by atoms with Gasteiger partial charge < -0.3 is 10.2 Å². The smallest absolute Gasteiger partial charge is 0.369 e. The van der Waals surface area contributed by atoms with Crippen LogP contribution in [-0.4, -0.2) is 36.1 Å². The van der Waals surface area contributed by atoms with Crippen molar-refractivity contribution in [2.24, 2.45) is 0 Å². The van der Waals surface area contributed by atoms with Gasteiger partial charge in [-0.05, 0) is 54.1 Å².